The molecule has 0 unspecified atom stereocenters. The molecule has 1 amide bonds. The molecule has 11 heteroatoms. The number of ether oxygens (including phenoxy) is 1. The lowest BCUT2D eigenvalue weighted by atomic mass is 10.1. The minimum Gasteiger partial charge on any atom is -0.406 e. The van der Waals surface area contributed by atoms with Gasteiger partial charge in [-0.25, -0.2) is 4.98 Å². The number of imidazole rings is 1. The zero-order valence-electron chi connectivity index (χ0n) is 18.1. The maximum atomic E-state index is 12.9. The molecular formula is C24H16F3N5O3. The van der Waals surface area contributed by atoms with E-state index in [0.717, 1.165) is 5.56 Å². The van der Waals surface area contributed by atoms with Crippen molar-refractivity contribution in [1.82, 2.24) is 19.5 Å². The molecule has 8 nitrogen and oxygen atoms in total. The van der Waals surface area contributed by atoms with E-state index in [9.17, 15) is 18.0 Å². The fourth-order valence-electron chi connectivity index (χ4n) is 3.44. The fourth-order valence-corrected chi connectivity index (χ4v) is 3.44. The topological polar surface area (TPSA) is 94.5 Å². The molecule has 176 valence electrons. The van der Waals surface area contributed by atoms with Crippen molar-refractivity contribution < 1.29 is 27.2 Å². The summed E-state index contributed by atoms with van der Waals surface area (Å²) in [5.74, 6) is -0.317. The Labute approximate surface area is 196 Å². The van der Waals surface area contributed by atoms with E-state index in [1.807, 2.05) is 13.0 Å². The molecule has 3 aromatic heterocycles. The molecule has 1 N–H and O–H groups in total. The van der Waals surface area contributed by atoms with Crippen molar-refractivity contribution in [2.75, 3.05) is 5.32 Å². The van der Waals surface area contributed by atoms with Crippen LogP contribution >= 0.6 is 0 Å². The van der Waals surface area contributed by atoms with Crippen LogP contribution in [-0.4, -0.2) is 31.8 Å². The molecule has 5 aromatic rings. The van der Waals surface area contributed by atoms with Crippen LogP contribution in [-0.2, 0) is 0 Å². The van der Waals surface area contributed by atoms with Gasteiger partial charge in [0, 0.05) is 23.0 Å². The Morgan fingerprint density at radius 3 is 2.60 bits per heavy atom. The molecule has 0 atom stereocenters. The summed E-state index contributed by atoms with van der Waals surface area (Å²) < 4.78 is 48.0. The molecular weight excluding hydrogens is 463 g/mol. The first-order valence-electron chi connectivity index (χ1n) is 10.3. The van der Waals surface area contributed by atoms with Crippen molar-refractivity contribution in [3.05, 3.63) is 84.3 Å². The predicted octanol–water partition coefficient (Wildman–Crippen LogP) is 5.51. The summed E-state index contributed by atoms with van der Waals surface area (Å²) in [5.41, 5.74) is 3.40. The summed E-state index contributed by atoms with van der Waals surface area (Å²) in [6, 6.07) is 15.8. The SMILES string of the molecule is Cc1ccc(-c2nc(-c3ccc(OC(F)(F)F)cc3)no2)cc1NC(=O)c1cnc2ccccn12. The van der Waals surface area contributed by atoms with Crippen LogP contribution in [0.3, 0.4) is 0 Å². The second-order valence-electron chi connectivity index (χ2n) is 7.55. The number of hydrogen-bond donors (Lipinski definition) is 1. The lowest BCUT2D eigenvalue weighted by Gasteiger charge is -2.09. The van der Waals surface area contributed by atoms with Gasteiger partial charge in [0.25, 0.3) is 11.8 Å². The third kappa shape index (κ3) is 4.69. The third-order valence-corrected chi connectivity index (χ3v) is 5.15. The van der Waals surface area contributed by atoms with Gasteiger partial charge in [-0.3, -0.25) is 9.20 Å². The Bertz CT molecular complexity index is 1520. The average Bonchev–Trinajstić information content (AvgIpc) is 3.48. The van der Waals surface area contributed by atoms with Crippen LogP contribution in [0.2, 0.25) is 0 Å². The second-order valence-corrected chi connectivity index (χ2v) is 7.55. The Balaban J connectivity index is 1.37. The molecule has 0 bridgehead atoms. The Kier molecular flexibility index (Phi) is 5.44. The van der Waals surface area contributed by atoms with Gasteiger partial charge in [-0.05, 0) is 61.0 Å². The number of amides is 1. The molecule has 0 aliphatic rings. The first-order valence-corrected chi connectivity index (χ1v) is 10.3. The number of alkyl halides is 3. The molecule has 0 radical (unpaired) electrons. The molecule has 0 spiro atoms. The number of pyridine rings is 1. The number of hydrogen-bond acceptors (Lipinski definition) is 6. The van der Waals surface area contributed by atoms with Gasteiger partial charge in [0.2, 0.25) is 5.82 Å². The van der Waals surface area contributed by atoms with Gasteiger partial charge < -0.3 is 14.6 Å². The number of aryl methyl sites for hydroxylation is 1. The van der Waals surface area contributed by atoms with E-state index in [1.165, 1.54) is 30.5 Å². The summed E-state index contributed by atoms with van der Waals surface area (Å²) in [5, 5.41) is 6.79. The minimum absolute atomic E-state index is 0.181. The highest BCUT2D eigenvalue weighted by atomic mass is 19.4. The Hall–Kier alpha value is -4.67. The smallest absolute Gasteiger partial charge is 0.406 e. The van der Waals surface area contributed by atoms with Crippen molar-refractivity contribution in [3.63, 3.8) is 0 Å². The van der Waals surface area contributed by atoms with E-state index in [-0.39, 0.29) is 23.4 Å². The molecule has 2 aromatic carbocycles. The second kappa shape index (κ2) is 8.60. The highest BCUT2D eigenvalue weighted by molar-refractivity contribution is 6.04. The number of aromatic nitrogens is 4. The number of halogens is 3. The van der Waals surface area contributed by atoms with Gasteiger partial charge in [-0.1, -0.05) is 17.3 Å². The van der Waals surface area contributed by atoms with E-state index in [1.54, 1.807) is 40.9 Å². The van der Waals surface area contributed by atoms with Gasteiger partial charge >= 0.3 is 6.36 Å². The highest BCUT2D eigenvalue weighted by Gasteiger charge is 2.31. The fraction of sp³-hybridized carbons (Fsp3) is 0.0833. The normalized spacial score (nSPS) is 11.5. The molecule has 0 saturated carbocycles. The standard InChI is InChI=1S/C24H16F3N5O3/c1-14-5-6-16(12-18(14)29-22(33)19-13-28-20-4-2-3-11-32(19)20)23-30-21(31-35-23)15-7-9-17(10-8-15)34-24(25,26)27/h2-13H,1H3,(H,29,33). The van der Waals surface area contributed by atoms with Crippen molar-refractivity contribution in [3.8, 4) is 28.6 Å². The van der Waals surface area contributed by atoms with Gasteiger partial charge in [0.15, 0.2) is 0 Å². The zero-order chi connectivity index (χ0) is 24.6. The van der Waals surface area contributed by atoms with Crippen LogP contribution in [0.25, 0.3) is 28.5 Å². The third-order valence-electron chi connectivity index (χ3n) is 5.15. The number of carbonyl (C=O) groups excluding carboxylic acids is 1. The summed E-state index contributed by atoms with van der Waals surface area (Å²) in [6.07, 6.45) is -1.52. The van der Waals surface area contributed by atoms with Crippen LogP contribution < -0.4 is 10.1 Å². The average molecular weight is 479 g/mol. The van der Waals surface area contributed by atoms with E-state index in [0.29, 0.717) is 28.2 Å². The molecule has 0 fully saturated rings. The van der Waals surface area contributed by atoms with Gasteiger partial charge in [0.05, 0.1) is 6.20 Å². The van der Waals surface area contributed by atoms with Crippen LogP contribution in [0.5, 0.6) is 5.75 Å². The first kappa shape index (κ1) is 22.1. The number of nitrogens with zero attached hydrogens (tertiary/aromatic N) is 4. The van der Waals surface area contributed by atoms with E-state index in [2.05, 4.69) is 25.2 Å². The maximum Gasteiger partial charge on any atom is 0.573 e. The van der Waals surface area contributed by atoms with Crippen molar-refractivity contribution in [1.29, 1.82) is 0 Å². The molecule has 0 aliphatic heterocycles. The minimum atomic E-state index is -4.77. The van der Waals surface area contributed by atoms with Gasteiger partial charge in [-0.15, -0.1) is 13.2 Å². The van der Waals surface area contributed by atoms with Crippen LogP contribution in [0.15, 0.2) is 77.6 Å². The lowest BCUT2D eigenvalue weighted by Crippen LogP contribution is -2.16. The monoisotopic (exact) mass is 479 g/mol. The van der Waals surface area contributed by atoms with E-state index in [4.69, 9.17) is 4.52 Å². The van der Waals surface area contributed by atoms with Crippen LogP contribution in [0, 0.1) is 6.92 Å². The number of nitrogens with one attached hydrogen (secondary N) is 1. The summed E-state index contributed by atoms with van der Waals surface area (Å²) in [7, 11) is 0. The molecule has 35 heavy (non-hydrogen) atoms. The first-order chi connectivity index (χ1) is 16.8. The zero-order valence-corrected chi connectivity index (χ0v) is 18.1. The number of fused-ring (bicyclic) bond motifs is 1. The van der Waals surface area contributed by atoms with Gasteiger partial charge in [0.1, 0.15) is 17.1 Å². The molecule has 5 rings (SSSR count). The summed E-state index contributed by atoms with van der Waals surface area (Å²) >= 11 is 0. The Morgan fingerprint density at radius 2 is 1.83 bits per heavy atom. The Morgan fingerprint density at radius 1 is 1.06 bits per heavy atom. The highest BCUT2D eigenvalue weighted by Crippen LogP contribution is 2.29. The van der Waals surface area contributed by atoms with Gasteiger partial charge in [-0.2, -0.15) is 4.98 Å². The predicted molar refractivity (Wildman–Crippen MR) is 120 cm³/mol. The van der Waals surface area contributed by atoms with Crippen molar-refractivity contribution in [2.24, 2.45) is 0 Å². The molecule has 0 aliphatic carbocycles. The van der Waals surface area contributed by atoms with Crippen molar-refractivity contribution in [2.45, 2.75) is 13.3 Å². The largest absolute Gasteiger partial charge is 0.573 e. The quantitative estimate of drug-likeness (QED) is 0.357. The van der Waals surface area contributed by atoms with Crippen LogP contribution in [0.1, 0.15) is 16.1 Å². The lowest BCUT2D eigenvalue weighted by molar-refractivity contribution is -0.274. The number of anilines is 1. The maximum absolute atomic E-state index is 12.9. The summed E-state index contributed by atoms with van der Waals surface area (Å²) in [6.45, 7) is 1.84. The number of rotatable bonds is 5. The number of benzene rings is 2. The molecule has 3 heterocycles. The molecule has 0 saturated heterocycles. The van der Waals surface area contributed by atoms with E-state index < -0.39 is 6.36 Å². The van der Waals surface area contributed by atoms with Crippen molar-refractivity contribution >= 4 is 17.2 Å². The number of carbonyl (C=O) groups is 1. The van der Waals surface area contributed by atoms with E-state index >= 15 is 0 Å². The summed E-state index contributed by atoms with van der Waals surface area (Å²) in [4.78, 5) is 21.4. The van der Waals surface area contributed by atoms with Crippen LogP contribution in [0.4, 0.5) is 18.9 Å².